The van der Waals surface area contributed by atoms with E-state index in [1.165, 1.54) is 0 Å². The summed E-state index contributed by atoms with van der Waals surface area (Å²) in [6, 6.07) is 0. The van der Waals surface area contributed by atoms with Gasteiger partial charge in [0.2, 0.25) is 0 Å². The fourth-order valence-corrected chi connectivity index (χ4v) is 0. The van der Waals surface area contributed by atoms with Crippen LogP contribution in [0.5, 0.6) is 0 Å². The van der Waals surface area contributed by atoms with Gasteiger partial charge in [0, 0.05) is 0 Å². The zero-order valence-corrected chi connectivity index (χ0v) is 6.95. The Kier molecular flexibility index (Phi) is 5.07. The number of hydrogen-bond acceptors (Lipinski definition) is 1. The average molecular weight is 98.1 g/mol. The minimum absolute atomic E-state index is 0. The molecular formula is C4H11NaO. The largest absolute Gasteiger partial charge is 1.00 e. The van der Waals surface area contributed by atoms with Gasteiger partial charge in [-0.1, -0.05) is 0 Å². The van der Waals surface area contributed by atoms with Crippen LogP contribution in [0.25, 0.3) is 0 Å². The summed E-state index contributed by atoms with van der Waals surface area (Å²) >= 11 is 0. The third-order valence-electron chi connectivity index (χ3n) is 0. The van der Waals surface area contributed by atoms with Gasteiger partial charge in [0.25, 0.3) is 0 Å². The van der Waals surface area contributed by atoms with Crippen LogP contribution in [-0.2, 0) is 0 Å². The molecule has 0 spiro atoms. The van der Waals surface area contributed by atoms with Crippen molar-refractivity contribution in [2.75, 3.05) is 0 Å². The third kappa shape index (κ3) is 84.4. The molecule has 0 bridgehead atoms. The van der Waals surface area contributed by atoms with Crippen molar-refractivity contribution >= 4 is 0 Å². The molecule has 0 radical (unpaired) electrons. The Hall–Kier alpha value is 0.960. The molecule has 0 aromatic carbocycles. The molecular weight excluding hydrogens is 87.0 g/mol. The van der Waals surface area contributed by atoms with E-state index in [0.29, 0.717) is 0 Å². The predicted molar refractivity (Wildman–Crippen MR) is 23.1 cm³/mol. The summed E-state index contributed by atoms with van der Waals surface area (Å²) in [5.41, 5.74) is -0.500. The van der Waals surface area contributed by atoms with Crippen molar-refractivity contribution in [1.29, 1.82) is 0 Å². The van der Waals surface area contributed by atoms with Gasteiger partial charge in [0.1, 0.15) is 0 Å². The molecule has 0 aliphatic heterocycles. The Balaban J connectivity index is -0.0000000800. The van der Waals surface area contributed by atoms with E-state index < -0.39 is 5.60 Å². The molecule has 2 heteroatoms. The summed E-state index contributed by atoms with van der Waals surface area (Å²) in [6.45, 7) is 5.23. The second-order valence-electron chi connectivity index (χ2n) is 2.17. The van der Waals surface area contributed by atoms with Crippen LogP contribution in [0, 0.1) is 0 Å². The minimum atomic E-state index is -0.500. The summed E-state index contributed by atoms with van der Waals surface area (Å²) in [5, 5.41) is 8.52. The van der Waals surface area contributed by atoms with E-state index in [0.717, 1.165) is 0 Å². The second kappa shape index (κ2) is 3.03. The van der Waals surface area contributed by atoms with Crippen molar-refractivity contribution in [2.24, 2.45) is 0 Å². The topological polar surface area (TPSA) is 20.2 Å². The average Bonchev–Trinajstić information content (AvgIpc) is 0.722. The van der Waals surface area contributed by atoms with E-state index in [1.54, 1.807) is 20.8 Å². The first-order valence-electron chi connectivity index (χ1n) is 1.72. The molecule has 0 unspecified atom stereocenters. The van der Waals surface area contributed by atoms with Crippen molar-refractivity contribution in [1.82, 2.24) is 0 Å². The first kappa shape index (κ1) is 10.0. The van der Waals surface area contributed by atoms with Gasteiger partial charge in [-0.2, -0.15) is 0 Å². The molecule has 1 nitrogen and oxygen atoms in total. The maximum atomic E-state index is 8.52. The van der Waals surface area contributed by atoms with Gasteiger partial charge in [-0.05, 0) is 20.8 Å². The van der Waals surface area contributed by atoms with E-state index in [-0.39, 0.29) is 31.0 Å². The summed E-state index contributed by atoms with van der Waals surface area (Å²) < 4.78 is 0. The van der Waals surface area contributed by atoms with Gasteiger partial charge in [0.15, 0.2) is 0 Å². The van der Waals surface area contributed by atoms with Crippen molar-refractivity contribution in [2.45, 2.75) is 26.4 Å². The summed E-state index contributed by atoms with van der Waals surface area (Å²) in [4.78, 5) is 0. The van der Waals surface area contributed by atoms with E-state index in [9.17, 15) is 0 Å². The van der Waals surface area contributed by atoms with E-state index in [4.69, 9.17) is 5.11 Å². The van der Waals surface area contributed by atoms with Crippen LogP contribution in [0.15, 0.2) is 0 Å². The first-order chi connectivity index (χ1) is 2.00. The smallest absolute Gasteiger partial charge is 1.00 e. The summed E-state index contributed by atoms with van der Waals surface area (Å²) in [7, 11) is 0. The predicted octanol–water partition coefficient (Wildman–Crippen LogP) is -2.11. The molecule has 0 aromatic heterocycles. The van der Waals surface area contributed by atoms with Gasteiger partial charge >= 0.3 is 29.6 Å². The van der Waals surface area contributed by atoms with Crippen LogP contribution in [0.4, 0.5) is 0 Å². The molecule has 0 saturated carbocycles. The van der Waals surface area contributed by atoms with Gasteiger partial charge in [-0.15, -0.1) is 0 Å². The van der Waals surface area contributed by atoms with E-state index >= 15 is 0 Å². The fourth-order valence-electron chi connectivity index (χ4n) is 0. The van der Waals surface area contributed by atoms with Crippen LogP contribution in [-0.4, -0.2) is 10.7 Å². The minimum Gasteiger partial charge on any atom is -1.00 e. The second-order valence-corrected chi connectivity index (χ2v) is 2.17. The van der Waals surface area contributed by atoms with Gasteiger partial charge in [0.05, 0.1) is 5.60 Å². The van der Waals surface area contributed by atoms with Crippen molar-refractivity contribution in [3.63, 3.8) is 0 Å². The molecule has 0 rings (SSSR count). The van der Waals surface area contributed by atoms with E-state index in [1.807, 2.05) is 0 Å². The van der Waals surface area contributed by atoms with Gasteiger partial charge in [-0.25, -0.2) is 0 Å². The molecule has 1 N–H and O–H groups in total. The molecule has 34 valence electrons. The Morgan fingerprint density at radius 2 is 1.33 bits per heavy atom. The van der Waals surface area contributed by atoms with Gasteiger partial charge < -0.3 is 6.53 Å². The normalized spacial score (nSPS) is 10.0. The molecule has 6 heavy (non-hydrogen) atoms. The van der Waals surface area contributed by atoms with Crippen LogP contribution < -0.4 is 29.6 Å². The molecule has 0 amide bonds. The number of hydrogen-bond donors (Lipinski definition) is 1. The molecule has 0 atom stereocenters. The van der Waals surface area contributed by atoms with Crippen LogP contribution in [0.2, 0.25) is 0 Å². The maximum Gasteiger partial charge on any atom is 1.00 e. The summed E-state index contributed by atoms with van der Waals surface area (Å²) in [6.07, 6.45) is 0. The zero-order chi connectivity index (χ0) is 4.50. The monoisotopic (exact) mass is 98.1 g/mol. The van der Waals surface area contributed by atoms with E-state index in [2.05, 4.69) is 0 Å². The Bertz CT molecular complexity index is 27.2. The molecule has 0 aliphatic rings. The van der Waals surface area contributed by atoms with Crippen LogP contribution in [0.1, 0.15) is 22.2 Å². The Morgan fingerprint density at radius 1 is 1.33 bits per heavy atom. The molecule has 0 saturated heterocycles. The van der Waals surface area contributed by atoms with Gasteiger partial charge in [-0.3, -0.25) is 0 Å². The molecule has 0 heterocycles. The first-order valence-corrected chi connectivity index (χ1v) is 1.72. The number of aliphatic hydroxyl groups is 1. The third-order valence-corrected chi connectivity index (χ3v) is 0. The molecule has 0 aliphatic carbocycles. The maximum absolute atomic E-state index is 8.52. The van der Waals surface area contributed by atoms with Crippen molar-refractivity contribution in [3.05, 3.63) is 0 Å². The molecule has 0 fully saturated rings. The van der Waals surface area contributed by atoms with Crippen LogP contribution in [0.3, 0.4) is 0 Å². The summed E-state index contributed by atoms with van der Waals surface area (Å²) in [5.74, 6) is 0. The molecule has 0 aromatic rings. The number of rotatable bonds is 0. The Labute approximate surface area is 62.5 Å². The van der Waals surface area contributed by atoms with Crippen molar-refractivity contribution in [3.8, 4) is 0 Å². The SMILES string of the molecule is CC(C)(C)O.[H-].[Na+]. The zero-order valence-electron chi connectivity index (χ0n) is 5.95. The fraction of sp³-hybridized carbons (Fsp3) is 1.00. The van der Waals surface area contributed by atoms with Crippen LogP contribution >= 0.6 is 0 Å². The van der Waals surface area contributed by atoms with Crippen molar-refractivity contribution < 1.29 is 36.1 Å². The Morgan fingerprint density at radius 3 is 1.33 bits per heavy atom. The quantitative estimate of drug-likeness (QED) is 0.344. The standard InChI is InChI=1S/C4H10O.Na.H/c1-4(2,3)5;;/h5H,1-3H3;;/q;+1;-1.